The van der Waals surface area contributed by atoms with Crippen LogP contribution < -0.4 is 10.6 Å². The largest absolute Gasteiger partial charge is 0.393 e. The molecule has 27 heavy (non-hydrogen) atoms. The van der Waals surface area contributed by atoms with Gasteiger partial charge in [0.25, 0.3) is 0 Å². The normalized spacial score (nSPS) is 13.8. The fourth-order valence-corrected chi connectivity index (χ4v) is 2.60. The van der Waals surface area contributed by atoms with Gasteiger partial charge in [-0.2, -0.15) is 10.5 Å². The van der Waals surface area contributed by atoms with Crippen LogP contribution >= 0.6 is 0 Å². The van der Waals surface area contributed by atoms with Gasteiger partial charge in [0.05, 0.1) is 12.2 Å². The summed E-state index contributed by atoms with van der Waals surface area (Å²) in [5.74, 6) is -0.730. The summed E-state index contributed by atoms with van der Waals surface area (Å²) >= 11 is 0. The van der Waals surface area contributed by atoms with E-state index in [0.29, 0.717) is 44.9 Å². The summed E-state index contributed by atoms with van der Waals surface area (Å²) in [6.45, 7) is 6.89. The number of carbonyl (C=O) groups excluding carboxylic acids is 2. The van der Waals surface area contributed by atoms with E-state index in [9.17, 15) is 19.8 Å². The second-order valence-electron chi connectivity index (χ2n) is 8.22. The van der Waals surface area contributed by atoms with Gasteiger partial charge in [0.1, 0.15) is 0 Å². The third-order valence-electron chi connectivity index (χ3n) is 4.85. The number of nitrogens with one attached hydrogen (secondary N) is 2. The summed E-state index contributed by atoms with van der Waals surface area (Å²) < 4.78 is 0. The van der Waals surface area contributed by atoms with Crippen molar-refractivity contribution in [2.24, 2.45) is 10.8 Å². The zero-order chi connectivity index (χ0) is 21.1. The third kappa shape index (κ3) is 9.93. The van der Waals surface area contributed by atoms with Crippen LogP contribution in [0.5, 0.6) is 0 Å². The highest BCUT2D eigenvalue weighted by Gasteiger charge is 2.29. The van der Waals surface area contributed by atoms with E-state index in [1.165, 1.54) is 0 Å². The molecule has 0 rings (SSSR count). The third-order valence-corrected chi connectivity index (χ3v) is 4.85. The molecular formula is C19H32N4O4. The molecule has 0 saturated carbocycles. The first-order valence-electron chi connectivity index (χ1n) is 9.21. The molecule has 0 fully saturated rings. The highest BCUT2D eigenvalue weighted by molar-refractivity contribution is 5.83. The molecule has 8 heteroatoms. The van der Waals surface area contributed by atoms with E-state index < -0.39 is 23.0 Å². The maximum Gasteiger partial charge on any atom is 0.238 e. The van der Waals surface area contributed by atoms with Crippen molar-refractivity contribution in [1.82, 2.24) is 10.6 Å². The number of aliphatic hydroxyl groups is 2. The lowest BCUT2D eigenvalue weighted by atomic mass is 9.84. The molecule has 0 aromatic carbocycles. The van der Waals surface area contributed by atoms with Gasteiger partial charge < -0.3 is 10.2 Å². The molecule has 0 radical (unpaired) electrons. The van der Waals surface area contributed by atoms with Crippen LogP contribution in [-0.2, 0) is 9.59 Å². The van der Waals surface area contributed by atoms with Crippen molar-refractivity contribution in [3.8, 4) is 12.4 Å². The molecule has 0 aromatic heterocycles. The van der Waals surface area contributed by atoms with E-state index in [1.807, 2.05) is 0 Å². The molecule has 2 atom stereocenters. The fraction of sp³-hybridized carbons (Fsp3) is 0.789. The molecular weight excluding hydrogens is 348 g/mol. The first-order valence-corrected chi connectivity index (χ1v) is 9.21. The van der Waals surface area contributed by atoms with Crippen molar-refractivity contribution in [3.05, 3.63) is 0 Å². The maximum atomic E-state index is 11.7. The number of aliphatic hydroxyl groups excluding tert-OH is 2. The smallest absolute Gasteiger partial charge is 0.238 e. The number of nitrogens with zero attached hydrogens (tertiary/aromatic N) is 2. The average molecular weight is 380 g/mol. The zero-order valence-electron chi connectivity index (χ0n) is 16.7. The predicted molar refractivity (Wildman–Crippen MR) is 99.4 cm³/mol. The fourth-order valence-electron chi connectivity index (χ4n) is 2.60. The van der Waals surface area contributed by atoms with Crippen LogP contribution in [0.2, 0.25) is 0 Å². The molecule has 0 saturated heterocycles. The van der Waals surface area contributed by atoms with Crippen LogP contribution in [-0.4, -0.2) is 34.2 Å². The summed E-state index contributed by atoms with van der Waals surface area (Å²) in [5.41, 5.74) is -1.46. The molecule has 2 amide bonds. The highest BCUT2D eigenvalue weighted by atomic mass is 16.3. The lowest BCUT2D eigenvalue weighted by molar-refractivity contribution is -0.129. The SMILES string of the molecule is CC(C)(CCC(O)CCCC(O)CCC(C)(C)C(=O)NC#N)C(=O)NC#N. The number of carbonyl (C=O) groups is 2. The predicted octanol–water partition coefficient (Wildman–Crippen LogP) is 1.69. The van der Waals surface area contributed by atoms with E-state index in [1.54, 1.807) is 40.1 Å². The Morgan fingerprint density at radius 2 is 1.15 bits per heavy atom. The quantitative estimate of drug-likeness (QED) is 0.299. The van der Waals surface area contributed by atoms with Gasteiger partial charge in [-0.15, -0.1) is 0 Å². The van der Waals surface area contributed by atoms with Crippen molar-refractivity contribution >= 4 is 11.8 Å². The number of rotatable bonds is 12. The number of hydrogen-bond donors (Lipinski definition) is 4. The monoisotopic (exact) mass is 380 g/mol. The van der Waals surface area contributed by atoms with Gasteiger partial charge in [-0.1, -0.05) is 27.7 Å². The average Bonchev–Trinajstić information content (AvgIpc) is 2.59. The standard InChI is InChI=1S/C19H32N4O4/c1-18(2,16(26)22-12-20)10-8-14(24)6-5-7-15(25)9-11-19(3,4)17(27)23-13-21/h14-15,24-25H,5-11H2,1-4H3,(H,22,26)(H,23,27). The lowest BCUT2D eigenvalue weighted by Crippen LogP contribution is -2.35. The first-order chi connectivity index (χ1) is 12.5. The van der Waals surface area contributed by atoms with E-state index >= 15 is 0 Å². The summed E-state index contributed by atoms with van der Waals surface area (Å²) in [7, 11) is 0. The Morgan fingerprint density at radius 3 is 1.44 bits per heavy atom. The van der Waals surface area contributed by atoms with Crippen LogP contribution in [0, 0.1) is 33.7 Å². The second kappa shape index (κ2) is 11.5. The molecule has 0 aliphatic rings. The molecule has 2 unspecified atom stereocenters. The van der Waals surface area contributed by atoms with E-state index in [0.717, 1.165) is 0 Å². The van der Waals surface area contributed by atoms with Crippen LogP contribution in [0.15, 0.2) is 0 Å². The van der Waals surface area contributed by atoms with Crippen LogP contribution in [0.4, 0.5) is 0 Å². The molecule has 0 aliphatic heterocycles. The lowest BCUT2D eigenvalue weighted by Gasteiger charge is -2.24. The molecule has 0 heterocycles. The van der Waals surface area contributed by atoms with Crippen LogP contribution in [0.3, 0.4) is 0 Å². The van der Waals surface area contributed by atoms with E-state index in [-0.39, 0.29) is 11.8 Å². The van der Waals surface area contributed by atoms with Gasteiger partial charge in [-0.3, -0.25) is 20.2 Å². The van der Waals surface area contributed by atoms with Gasteiger partial charge in [0.2, 0.25) is 11.8 Å². The molecule has 0 bridgehead atoms. The van der Waals surface area contributed by atoms with Crippen molar-refractivity contribution in [1.29, 1.82) is 10.5 Å². The Morgan fingerprint density at radius 1 is 0.815 bits per heavy atom. The van der Waals surface area contributed by atoms with Gasteiger partial charge in [-0.25, -0.2) is 0 Å². The summed E-state index contributed by atoms with van der Waals surface area (Å²) in [6.07, 6.45) is 5.47. The van der Waals surface area contributed by atoms with Crippen LogP contribution in [0.25, 0.3) is 0 Å². The Labute approximate surface area is 161 Å². The molecule has 0 aliphatic carbocycles. The summed E-state index contributed by atoms with van der Waals surface area (Å²) in [4.78, 5) is 23.5. The van der Waals surface area contributed by atoms with Crippen molar-refractivity contribution in [2.45, 2.75) is 84.8 Å². The van der Waals surface area contributed by atoms with Crippen LogP contribution in [0.1, 0.15) is 72.6 Å². The van der Waals surface area contributed by atoms with Crippen molar-refractivity contribution < 1.29 is 19.8 Å². The van der Waals surface area contributed by atoms with Crippen molar-refractivity contribution in [2.75, 3.05) is 0 Å². The number of amides is 2. The van der Waals surface area contributed by atoms with Crippen molar-refractivity contribution in [3.63, 3.8) is 0 Å². The summed E-state index contributed by atoms with van der Waals surface area (Å²) in [5, 5.41) is 41.4. The van der Waals surface area contributed by atoms with E-state index in [4.69, 9.17) is 10.5 Å². The highest BCUT2D eigenvalue weighted by Crippen LogP contribution is 2.26. The van der Waals surface area contributed by atoms with Gasteiger partial charge >= 0.3 is 0 Å². The Bertz CT molecular complexity index is 525. The molecule has 4 N–H and O–H groups in total. The Kier molecular flexibility index (Phi) is 10.6. The summed E-state index contributed by atoms with van der Waals surface area (Å²) in [6, 6.07) is 0. The minimum atomic E-state index is -0.730. The number of hydrogen-bond acceptors (Lipinski definition) is 6. The minimum Gasteiger partial charge on any atom is -0.393 e. The topological polar surface area (TPSA) is 146 Å². The Hall–Kier alpha value is -2.16. The van der Waals surface area contributed by atoms with Gasteiger partial charge in [0, 0.05) is 10.8 Å². The Balaban J connectivity index is 4.12. The number of nitriles is 2. The second-order valence-corrected chi connectivity index (χ2v) is 8.22. The molecule has 0 spiro atoms. The van der Waals surface area contributed by atoms with Gasteiger partial charge in [-0.05, 0) is 44.9 Å². The molecule has 152 valence electrons. The minimum absolute atomic E-state index is 0.365. The maximum absolute atomic E-state index is 11.7. The zero-order valence-corrected chi connectivity index (χ0v) is 16.7. The van der Waals surface area contributed by atoms with E-state index in [2.05, 4.69) is 10.6 Å². The first kappa shape index (κ1) is 24.8. The molecule has 8 nitrogen and oxygen atoms in total. The van der Waals surface area contributed by atoms with Gasteiger partial charge in [0.15, 0.2) is 12.4 Å². The molecule has 0 aromatic rings.